The average molecular weight is 328 g/mol. The Morgan fingerprint density at radius 1 is 1.21 bits per heavy atom. The van der Waals surface area contributed by atoms with Crippen LogP contribution in [0.5, 0.6) is 11.5 Å². The summed E-state index contributed by atoms with van der Waals surface area (Å²) in [6.45, 7) is 5.99. The summed E-state index contributed by atoms with van der Waals surface area (Å²) in [5.74, 6) is 0.633. The fourth-order valence-corrected chi connectivity index (χ4v) is 2.21. The number of anilines is 2. The number of nitrogens with two attached hydrogens (primary N) is 1. The van der Waals surface area contributed by atoms with Crippen LogP contribution in [0.25, 0.3) is 0 Å². The van der Waals surface area contributed by atoms with Gasteiger partial charge in [-0.1, -0.05) is 32.9 Å². The molecule has 0 saturated heterocycles. The smallest absolute Gasteiger partial charge is 0.250 e. The number of rotatable bonds is 6. The van der Waals surface area contributed by atoms with Gasteiger partial charge in [0, 0.05) is 11.8 Å². The quantitative estimate of drug-likeness (QED) is 0.706. The van der Waals surface area contributed by atoms with Crippen LogP contribution in [0.4, 0.5) is 11.4 Å². The lowest BCUT2D eigenvalue weighted by atomic mass is 9.82. The largest absolute Gasteiger partial charge is 0.455 e. The Labute approximate surface area is 142 Å². The van der Waals surface area contributed by atoms with E-state index in [0.29, 0.717) is 22.9 Å². The van der Waals surface area contributed by atoms with Gasteiger partial charge in [0.15, 0.2) is 5.75 Å². The lowest BCUT2D eigenvalue weighted by Gasteiger charge is -2.23. The molecule has 0 unspecified atom stereocenters. The molecule has 0 fully saturated rings. The first-order chi connectivity index (χ1) is 11.4. The zero-order valence-electron chi connectivity index (χ0n) is 14.3. The van der Waals surface area contributed by atoms with Gasteiger partial charge in [0.25, 0.3) is 0 Å². The monoisotopic (exact) mass is 328 g/mol. The third-order valence-corrected chi connectivity index (χ3v) is 4.19. The van der Waals surface area contributed by atoms with Gasteiger partial charge in [-0.2, -0.15) is 0 Å². The van der Waals surface area contributed by atoms with Crippen molar-refractivity contribution in [3.8, 4) is 11.5 Å². The Balaban J connectivity index is 2.18. The number of nitrogen functional groups attached to an aromatic ring is 1. The van der Waals surface area contributed by atoms with Gasteiger partial charge in [-0.05, 0) is 41.7 Å². The average Bonchev–Trinajstić information content (AvgIpc) is 2.58. The van der Waals surface area contributed by atoms with E-state index < -0.39 is 12.5 Å². The molecule has 0 spiro atoms. The molecule has 4 N–H and O–H groups in total. The topological polar surface area (TPSA) is 84.6 Å². The highest BCUT2D eigenvalue weighted by Gasteiger charge is 2.17. The molecule has 1 amide bonds. The molecule has 0 aromatic heterocycles. The number of hydrogen-bond donors (Lipinski definition) is 3. The van der Waals surface area contributed by atoms with E-state index in [-0.39, 0.29) is 5.41 Å². The van der Waals surface area contributed by atoms with E-state index in [1.165, 1.54) is 5.56 Å². The van der Waals surface area contributed by atoms with Crippen molar-refractivity contribution in [1.82, 2.24) is 0 Å². The van der Waals surface area contributed by atoms with Crippen LogP contribution >= 0.6 is 0 Å². The molecule has 0 aliphatic carbocycles. The molecular weight excluding hydrogens is 304 g/mol. The van der Waals surface area contributed by atoms with Gasteiger partial charge >= 0.3 is 0 Å². The summed E-state index contributed by atoms with van der Waals surface area (Å²) in [5, 5.41) is 11.4. The van der Waals surface area contributed by atoms with Crippen molar-refractivity contribution in [2.24, 2.45) is 0 Å². The lowest BCUT2D eigenvalue weighted by molar-refractivity contribution is -0.118. The van der Waals surface area contributed by atoms with Crippen LogP contribution in [-0.4, -0.2) is 17.6 Å². The Morgan fingerprint density at radius 3 is 2.46 bits per heavy atom. The first-order valence-corrected chi connectivity index (χ1v) is 7.94. The zero-order chi connectivity index (χ0) is 17.7. The Morgan fingerprint density at radius 2 is 1.88 bits per heavy atom. The van der Waals surface area contributed by atoms with Crippen LogP contribution in [-0.2, 0) is 10.2 Å². The van der Waals surface area contributed by atoms with Gasteiger partial charge < -0.3 is 20.9 Å². The molecule has 2 aromatic carbocycles. The van der Waals surface area contributed by atoms with Gasteiger partial charge in [-0.3, -0.25) is 4.79 Å². The van der Waals surface area contributed by atoms with Crippen LogP contribution in [0.2, 0.25) is 0 Å². The van der Waals surface area contributed by atoms with Crippen molar-refractivity contribution in [1.29, 1.82) is 0 Å². The van der Waals surface area contributed by atoms with Crippen LogP contribution < -0.4 is 15.8 Å². The predicted molar refractivity (Wildman–Crippen MR) is 96.4 cm³/mol. The third kappa shape index (κ3) is 4.26. The summed E-state index contributed by atoms with van der Waals surface area (Å²) in [4.78, 5) is 11.3. The first kappa shape index (κ1) is 17.8. The van der Waals surface area contributed by atoms with Gasteiger partial charge in [0.1, 0.15) is 12.4 Å². The fourth-order valence-electron chi connectivity index (χ4n) is 2.21. The Kier molecular flexibility index (Phi) is 5.46. The number of aliphatic hydroxyl groups excluding tert-OH is 1. The molecule has 2 aromatic rings. The van der Waals surface area contributed by atoms with Crippen molar-refractivity contribution in [2.45, 2.75) is 32.6 Å². The second-order valence-electron chi connectivity index (χ2n) is 6.32. The minimum absolute atomic E-state index is 0.117. The van der Waals surface area contributed by atoms with Crippen molar-refractivity contribution < 1.29 is 14.6 Å². The second kappa shape index (κ2) is 7.36. The lowest BCUT2D eigenvalue weighted by Crippen LogP contribution is -2.15. The van der Waals surface area contributed by atoms with Crippen molar-refractivity contribution in [3.63, 3.8) is 0 Å². The Bertz CT molecular complexity index is 709. The predicted octanol–water partition coefficient (Wildman–Crippen LogP) is 3.68. The molecule has 128 valence electrons. The first-order valence-electron chi connectivity index (χ1n) is 7.94. The molecule has 0 heterocycles. The number of aliphatic hydroxyl groups is 1. The maximum Gasteiger partial charge on any atom is 0.250 e. The van der Waals surface area contributed by atoms with E-state index in [1.54, 1.807) is 18.2 Å². The fraction of sp³-hybridized carbons (Fsp3) is 0.316. The molecule has 0 radical (unpaired) electrons. The highest BCUT2D eigenvalue weighted by molar-refractivity contribution is 5.92. The maximum atomic E-state index is 11.3. The number of carbonyl (C=O) groups is 1. The van der Waals surface area contributed by atoms with Crippen LogP contribution in [0, 0.1) is 0 Å². The number of amides is 1. The summed E-state index contributed by atoms with van der Waals surface area (Å²) in [7, 11) is 0. The van der Waals surface area contributed by atoms with Gasteiger partial charge in [-0.25, -0.2) is 0 Å². The highest BCUT2D eigenvalue weighted by atomic mass is 16.5. The highest BCUT2D eigenvalue weighted by Crippen LogP contribution is 2.32. The number of hydrogen-bond acceptors (Lipinski definition) is 4. The van der Waals surface area contributed by atoms with Crippen molar-refractivity contribution >= 4 is 17.3 Å². The summed E-state index contributed by atoms with van der Waals surface area (Å²) in [6.07, 6.45) is 1.05. The summed E-state index contributed by atoms with van der Waals surface area (Å²) in [6, 6.07) is 12.8. The van der Waals surface area contributed by atoms with Crippen molar-refractivity contribution in [3.05, 3.63) is 48.0 Å². The normalized spacial score (nSPS) is 11.2. The molecule has 5 heteroatoms. The number of nitrogens with one attached hydrogen (secondary N) is 1. The van der Waals surface area contributed by atoms with E-state index in [1.807, 2.05) is 24.3 Å². The van der Waals surface area contributed by atoms with E-state index >= 15 is 0 Å². The van der Waals surface area contributed by atoms with Crippen LogP contribution in [0.15, 0.2) is 42.5 Å². The zero-order valence-corrected chi connectivity index (χ0v) is 14.3. The van der Waals surface area contributed by atoms with Gasteiger partial charge in [0.05, 0.1) is 5.69 Å². The van der Waals surface area contributed by atoms with E-state index in [0.717, 1.165) is 6.42 Å². The molecule has 5 nitrogen and oxygen atoms in total. The van der Waals surface area contributed by atoms with Crippen molar-refractivity contribution in [2.75, 3.05) is 17.7 Å². The number of carbonyl (C=O) groups excluding carboxylic acids is 1. The summed E-state index contributed by atoms with van der Waals surface area (Å²) < 4.78 is 5.83. The minimum atomic E-state index is -0.574. The standard InChI is InChI=1S/C19H24N2O3/c1-4-19(2,3)13-5-8-15(9-6-13)24-17-11-14(7-10-16(17)20)21-18(23)12-22/h5-11,22H,4,12,20H2,1-3H3,(H,21,23). The minimum Gasteiger partial charge on any atom is -0.455 e. The Hall–Kier alpha value is -2.53. The van der Waals surface area contributed by atoms with Crippen LogP contribution in [0.3, 0.4) is 0 Å². The van der Waals surface area contributed by atoms with Crippen LogP contribution in [0.1, 0.15) is 32.8 Å². The molecular formula is C19H24N2O3. The summed E-state index contributed by atoms with van der Waals surface area (Å²) >= 11 is 0. The van der Waals surface area contributed by atoms with E-state index in [9.17, 15) is 4.79 Å². The molecule has 2 rings (SSSR count). The molecule has 0 saturated carbocycles. The molecule has 0 aliphatic heterocycles. The molecule has 24 heavy (non-hydrogen) atoms. The summed E-state index contributed by atoms with van der Waals surface area (Å²) in [5.41, 5.74) is 8.28. The maximum absolute atomic E-state index is 11.3. The molecule has 0 atom stereocenters. The van der Waals surface area contributed by atoms with E-state index in [4.69, 9.17) is 15.6 Å². The SMILES string of the molecule is CCC(C)(C)c1ccc(Oc2cc(NC(=O)CO)ccc2N)cc1. The van der Waals surface area contributed by atoms with Gasteiger partial charge in [0.2, 0.25) is 5.91 Å². The number of ether oxygens (including phenoxy) is 1. The molecule has 0 aliphatic rings. The second-order valence-corrected chi connectivity index (χ2v) is 6.32. The van der Waals surface area contributed by atoms with Gasteiger partial charge in [-0.15, -0.1) is 0 Å². The molecule has 0 bridgehead atoms. The number of benzene rings is 2. The third-order valence-electron chi connectivity index (χ3n) is 4.19. The van der Waals surface area contributed by atoms with E-state index in [2.05, 4.69) is 26.1 Å².